The van der Waals surface area contributed by atoms with E-state index in [9.17, 15) is 22.0 Å². The van der Waals surface area contributed by atoms with E-state index in [1.54, 1.807) is 6.07 Å². The molecule has 0 saturated carbocycles. The lowest BCUT2D eigenvalue weighted by Gasteiger charge is -2.29. The lowest BCUT2D eigenvalue weighted by Crippen LogP contribution is -2.32. The van der Waals surface area contributed by atoms with Gasteiger partial charge in [-0.2, -0.15) is 0 Å². The van der Waals surface area contributed by atoms with Gasteiger partial charge < -0.3 is 14.2 Å². The maximum atomic E-state index is 14.5. The number of hydrogen-bond donors (Lipinski definition) is 0. The summed E-state index contributed by atoms with van der Waals surface area (Å²) >= 11 is 0. The molecule has 3 rings (SSSR count). The lowest BCUT2D eigenvalue weighted by atomic mass is 10.0. The van der Waals surface area contributed by atoms with Crippen LogP contribution in [0.1, 0.15) is 31.7 Å². The molecule has 0 bridgehead atoms. The molecule has 1 fully saturated rings. The molecule has 0 N–H and O–H groups in total. The van der Waals surface area contributed by atoms with Gasteiger partial charge >= 0.3 is 6.36 Å². The van der Waals surface area contributed by atoms with E-state index in [-0.39, 0.29) is 17.4 Å². The first-order valence-electron chi connectivity index (χ1n) is 9.82. The van der Waals surface area contributed by atoms with Gasteiger partial charge in [0.25, 0.3) is 0 Å². The van der Waals surface area contributed by atoms with Crippen LogP contribution in [0.2, 0.25) is 0 Å². The van der Waals surface area contributed by atoms with Crippen molar-refractivity contribution in [2.45, 2.75) is 45.3 Å². The summed E-state index contributed by atoms with van der Waals surface area (Å²) in [5.41, 5.74) is 0.924. The fourth-order valence-corrected chi connectivity index (χ4v) is 3.43. The summed E-state index contributed by atoms with van der Waals surface area (Å²) in [4.78, 5) is 0. The van der Waals surface area contributed by atoms with Gasteiger partial charge in [-0.05, 0) is 42.2 Å². The summed E-state index contributed by atoms with van der Waals surface area (Å²) < 4.78 is 80.2. The first-order chi connectivity index (χ1) is 14.2. The summed E-state index contributed by atoms with van der Waals surface area (Å²) in [5.74, 6) is -2.36. The van der Waals surface area contributed by atoms with Gasteiger partial charge in [0.1, 0.15) is 5.82 Å². The normalized spacial score (nSPS) is 19.7. The minimum Gasteiger partial charge on any atom is -0.403 e. The van der Waals surface area contributed by atoms with Crippen LogP contribution in [0.4, 0.5) is 22.0 Å². The molecule has 0 atom stereocenters. The highest BCUT2D eigenvalue weighted by atomic mass is 19.4. The molecule has 2 aromatic rings. The molecule has 0 amide bonds. The van der Waals surface area contributed by atoms with Crippen LogP contribution in [0.15, 0.2) is 36.4 Å². The highest BCUT2D eigenvalue weighted by molar-refractivity contribution is 5.65. The average molecular weight is 430 g/mol. The van der Waals surface area contributed by atoms with Gasteiger partial charge in [0.2, 0.25) is 0 Å². The molecule has 1 aliphatic heterocycles. The zero-order valence-electron chi connectivity index (χ0n) is 16.5. The van der Waals surface area contributed by atoms with E-state index in [1.165, 1.54) is 18.2 Å². The van der Waals surface area contributed by atoms with Crippen molar-refractivity contribution in [3.8, 4) is 16.9 Å². The Kier molecular flexibility index (Phi) is 7.31. The Balaban J connectivity index is 1.61. The third-order valence-corrected chi connectivity index (χ3v) is 4.90. The third kappa shape index (κ3) is 6.15. The highest BCUT2D eigenvalue weighted by Gasteiger charge is 2.32. The zero-order chi connectivity index (χ0) is 21.7. The van der Waals surface area contributed by atoms with Crippen molar-refractivity contribution in [1.82, 2.24) is 0 Å². The van der Waals surface area contributed by atoms with Crippen LogP contribution in [0.25, 0.3) is 11.1 Å². The van der Waals surface area contributed by atoms with E-state index in [0.717, 1.165) is 30.5 Å². The van der Waals surface area contributed by atoms with E-state index in [2.05, 4.69) is 11.7 Å². The van der Waals surface area contributed by atoms with Crippen LogP contribution in [0, 0.1) is 17.6 Å². The van der Waals surface area contributed by atoms with Crippen LogP contribution in [-0.2, 0) is 15.9 Å². The monoisotopic (exact) mass is 430 g/mol. The standard InChI is InChI=1S/C22H23F5O3/c1-2-3-15-12-28-21(29-13-15)9-5-14-4-7-17(18(23)10-14)16-6-8-20(19(24)11-16)30-22(25,26)27/h4,6-8,10-11,15,21H,2-3,5,9,12-13H2,1H3. The van der Waals surface area contributed by atoms with Crippen molar-refractivity contribution in [1.29, 1.82) is 0 Å². The van der Waals surface area contributed by atoms with Crippen molar-refractivity contribution < 1.29 is 36.2 Å². The van der Waals surface area contributed by atoms with Crippen molar-refractivity contribution >= 4 is 0 Å². The van der Waals surface area contributed by atoms with E-state index in [1.807, 2.05) is 0 Å². The summed E-state index contributed by atoms with van der Waals surface area (Å²) in [7, 11) is 0. The molecule has 0 radical (unpaired) electrons. The third-order valence-electron chi connectivity index (χ3n) is 4.90. The van der Waals surface area contributed by atoms with Crippen molar-refractivity contribution in [3.05, 3.63) is 53.6 Å². The minimum absolute atomic E-state index is 0.0868. The Morgan fingerprint density at radius 1 is 0.967 bits per heavy atom. The number of halogens is 5. The van der Waals surface area contributed by atoms with Gasteiger partial charge in [0.05, 0.1) is 13.2 Å². The largest absolute Gasteiger partial charge is 0.573 e. The second-order valence-corrected chi connectivity index (χ2v) is 7.30. The zero-order valence-corrected chi connectivity index (χ0v) is 16.5. The molecule has 3 nitrogen and oxygen atoms in total. The summed E-state index contributed by atoms with van der Waals surface area (Å²) in [5, 5.41) is 0. The average Bonchev–Trinajstić information content (AvgIpc) is 2.68. The van der Waals surface area contributed by atoms with Gasteiger partial charge in [-0.25, -0.2) is 8.78 Å². The molecule has 0 aromatic heterocycles. The fourth-order valence-electron chi connectivity index (χ4n) is 3.43. The van der Waals surface area contributed by atoms with Crippen LogP contribution in [0.5, 0.6) is 5.75 Å². The molecular formula is C22H23F5O3. The van der Waals surface area contributed by atoms with Gasteiger partial charge in [-0.3, -0.25) is 0 Å². The van der Waals surface area contributed by atoms with Crippen molar-refractivity contribution in [2.24, 2.45) is 5.92 Å². The number of ether oxygens (including phenoxy) is 3. The molecule has 0 unspecified atom stereocenters. The fraction of sp³-hybridized carbons (Fsp3) is 0.455. The summed E-state index contributed by atoms with van der Waals surface area (Å²) in [6.45, 7) is 3.43. The maximum Gasteiger partial charge on any atom is 0.573 e. The maximum absolute atomic E-state index is 14.5. The first kappa shape index (κ1) is 22.5. The quantitative estimate of drug-likeness (QED) is 0.486. The van der Waals surface area contributed by atoms with Crippen LogP contribution < -0.4 is 4.74 Å². The predicted molar refractivity (Wildman–Crippen MR) is 101 cm³/mol. The predicted octanol–water partition coefficient (Wildman–Crippen LogP) is 6.25. The topological polar surface area (TPSA) is 27.7 Å². The Bertz CT molecular complexity index is 845. The van der Waals surface area contributed by atoms with Gasteiger partial charge in [0.15, 0.2) is 17.9 Å². The number of hydrogen-bond acceptors (Lipinski definition) is 3. The smallest absolute Gasteiger partial charge is 0.403 e. The highest BCUT2D eigenvalue weighted by Crippen LogP contribution is 2.31. The van der Waals surface area contributed by atoms with E-state index < -0.39 is 23.7 Å². The molecular weight excluding hydrogens is 407 g/mol. The first-order valence-corrected chi connectivity index (χ1v) is 9.82. The molecule has 1 heterocycles. The minimum atomic E-state index is -5.00. The van der Waals surface area contributed by atoms with E-state index in [4.69, 9.17) is 9.47 Å². The molecule has 8 heteroatoms. The summed E-state index contributed by atoms with van der Waals surface area (Å²) in [6.07, 6.45) is -2.07. The van der Waals surface area contributed by atoms with Crippen LogP contribution in [0.3, 0.4) is 0 Å². The second kappa shape index (κ2) is 9.75. The van der Waals surface area contributed by atoms with Crippen molar-refractivity contribution in [2.75, 3.05) is 13.2 Å². The molecule has 30 heavy (non-hydrogen) atoms. The molecule has 0 spiro atoms. The molecule has 0 aliphatic carbocycles. The SMILES string of the molecule is CCCC1COC(CCc2ccc(-c3ccc(OC(F)(F)F)c(F)c3)c(F)c2)OC1. The molecule has 1 aliphatic rings. The Morgan fingerprint density at radius 2 is 1.70 bits per heavy atom. The molecule has 1 saturated heterocycles. The molecule has 2 aromatic carbocycles. The Hall–Kier alpha value is -2.19. The van der Waals surface area contributed by atoms with Crippen LogP contribution in [-0.4, -0.2) is 25.9 Å². The van der Waals surface area contributed by atoms with Gasteiger partial charge in [-0.1, -0.05) is 31.5 Å². The second-order valence-electron chi connectivity index (χ2n) is 7.30. The van der Waals surface area contributed by atoms with E-state index >= 15 is 0 Å². The van der Waals surface area contributed by atoms with Gasteiger partial charge in [-0.15, -0.1) is 13.2 Å². The number of alkyl halides is 3. The summed E-state index contributed by atoms with van der Waals surface area (Å²) in [6, 6.07) is 7.32. The van der Waals surface area contributed by atoms with Gasteiger partial charge in [0, 0.05) is 17.9 Å². The van der Waals surface area contributed by atoms with Crippen LogP contribution >= 0.6 is 0 Å². The Morgan fingerprint density at radius 3 is 2.30 bits per heavy atom. The lowest BCUT2D eigenvalue weighted by molar-refractivity contribution is -0.275. The number of aryl methyl sites for hydroxylation is 1. The Labute approximate surface area is 171 Å². The number of rotatable bonds is 7. The van der Waals surface area contributed by atoms with E-state index in [0.29, 0.717) is 32.0 Å². The number of benzene rings is 2. The molecule has 164 valence electrons. The van der Waals surface area contributed by atoms with Crippen molar-refractivity contribution in [3.63, 3.8) is 0 Å².